The van der Waals surface area contributed by atoms with Gasteiger partial charge in [-0.3, -0.25) is 0 Å². The lowest BCUT2D eigenvalue weighted by molar-refractivity contribution is 0.386. The van der Waals surface area contributed by atoms with Gasteiger partial charge in [-0.15, -0.1) is 0 Å². The molecule has 2 heterocycles. The Bertz CT molecular complexity index is 971. The molecule has 3 aromatic rings. The maximum Gasteiger partial charge on any atom is 0.178 e. The fourth-order valence-electron chi connectivity index (χ4n) is 3.43. The third kappa shape index (κ3) is 3.05. The fraction of sp³-hybridized carbons (Fsp3) is 0.286. The van der Waals surface area contributed by atoms with E-state index in [0.717, 1.165) is 59.6 Å². The van der Waals surface area contributed by atoms with Crippen LogP contribution in [0.1, 0.15) is 29.8 Å². The van der Waals surface area contributed by atoms with Crippen LogP contribution in [0, 0.1) is 12.7 Å². The molecule has 0 amide bonds. The predicted molar refractivity (Wildman–Crippen MR) is 98.6 cm³/mol. The van der Waals surface area contributed by atoms with E-state index in [1.807, 2.05) is 31.2 Å². The molecule has 0 atom stereocenters. The minimum Gasteiger partial charge on any atom is -0.494 e. The third-order valence-corrected chi connectivity index (χ3v) is 4.73. The molecule has 5 heteroatoms. The van der Waals surface area contributed by atoms with Crippen LogP contribution in [0.15, 0.2) is 36.4 Å². The Morgan fingerprint density at radius 3 is 2.62 bits per heavy atom. The third-order valence-electron chi connectivity index (χ3n) is 4.73. The molecule has 1 aliphatic rings. The van der Waals surface area contributed by atoms with Gasteiger partial charge >= 0.3 is 0 Å². The Balaban J connectivity index is 1.90. The SMILES string of the molecule is COc1ccc(-c2nc(-c3cccc(C)n3)nc3c2CCCC3)cc1F. The second-order valence-electron chi connectivity index (χ2n) is 6.54. The van der Waals surface area contributed by atoms with Gasteiger partial charge in [0.1, 0.15) is 5.69 Å². The summed E-state index contributed by atoms with van der Waals surface area (Å²) in [5.41, 5.74) is 5.38. The van der Waals surface area contributed by atoms with Gasteiger partial charge in [-0.25, -0.2) is 19.3 Å². The van der Waals surface area contributed by atoms with Gasteiger partial charge in [-0.05, 0) is 62.9 Å². The lowest BCUT2D eigenvalue weighted by Gasteiger charge is -2.19. The zero-order chi connectivity index (χ0) is 18.1. The summed E-state index contributed by atoms with van der Waals surface area (Å²) in [7, 11) is 1.46. The van der Waals surface area contributed by atoms with Crippen LogP contribution < -0.4 is 4.74 Å². The molecule has 0 N–H and O–H groups in total. The number of aryl methyl sites for hydroxylation is 2. The van der Waals surface area contributed by atoms with E-state index in [-0.39, 0.29) is 11.6 Å². The predicted octanol–water partition coefficient (Wildman–Crippen LogP) is 4.54. The molecule has 0 spiro atoms. The first-order chi connectivity index (χ1) is 12.7. The van der Waals surface area contributed by atoms with Gasteiger partial charge in [0, 0.05) is 22.5 Å². The van der Waals surface area contributed by atoms with Gasteiger partial charge in [0.2, 0.25) is 0 Å². The fourth-order valence-corrected chi connectivity index (χ4v) is 3.43. The highest BCUT2D eigenvalue weighted by Gasteiger charge is 2.20. The molecule has 1 aromatic carbocycles. The molecular formula is C21H20FN3O. The summed E-state index contributed by atoms with van der Waals surface area (Å²) in [5.74, 6) is 0.446. The van der Waals surface area contributed by atoms with Crippen LogP contribution in [-0.4, -0.2) is 22.1 Å². The molecule has 4 rings (SSSR count). The van der Waals surface area contributed by atoms with E-state index in [2.05, 4.69) is 4.98 Å². The van der Waals surface area contributed by atoms with E-state index in [1.54, 1.807) is 6.07 Å². The number of nitrogens with zero attached hydrogens (tertiary/aromatic N) is 3. The Hall–Kier alpha value is -2.82. The number of methoxy groups -OCH3 is 1. The Morgan fingerprint density at radius 2 is 1.85 bits per heavy atom. The summed E-state index contributed by atoms with van der Waals surface area (Å²) in [4.78, 5) is 14.1. The van der Waals surface area contributed by atoms with Crippen molar-refractivity contribution in [3.05, 3.63) is 59.2 Å². The van der Waals surface area contributed by atoms with Crippen molar-refractivity contribution in [3.63, 3.8) is 0 Å². The number of fused-ring (bicyclic) bond motifs is 1. The highest BCUT2D eigenvalue weighted by Crippen LogP contribution is 2.33. The summed E-state index contributed by atoms with van der Waals surface area (Å²) in [6.45, 7) is 1.95. The Morgan fingerprint density at radius 1 is 1.00 bits per heavy atom. The van der Waals surface area contributed by atoms with Crippen molar-refractivity contribution in [2.24, 2.45) is 0 Å². The second kappa shape index (κ2) is 6.83. The number of halogens is 1. The van der Waals surface area contributed by atoms with E-state index in [4.69, 9.17) is 14.7 Å². The molecule has 0 unspecified atom stereocenters. The van der Waals surface area contributed by atoms with Crippen LogP contribution in [0.25, 0.3) is 22.8 Å². The van der Waals surface area contributed by atoms with Gasteiger partial charge in [0.05, 0.1) is 12.8 Å². The first-order valence-corrected chi connectivity index (χ1v) is 8.83. The zero-order valence-corrected chi connectivity index (χ0v) is 14.9. The number of ether oxygens (including phenoxy) is 1. The van der Waals surface area contributed by atoms with Crippen LogP contribution in [0.3, 0.4) is 0 Å². The van der Waals surface area contributed by atoms with Crippen molar-refractivity contribution < 1.29 is 9.13 Å². The Labute approximate surface area is 152 Å². The molecule has 4 nitrogen and oxygen atoms in total. The number of hydrogen-bond donors (Lipinski definition) is 0. The van der Waals surface area contributed by atoms with Crippen LogP contribution >= 0.6 is 0 Å². The first-order valence-electron chi connectivity index (χ1n) is 8.83. The normalized spacial score (nSPS) is 13.3. The van der Waals surface area contributed by atoms with E-state index in [0.29, 0.717) is 5.82 Å². The van der Waals surface area contributed by atoms with Crippen LogP contribution in [-0.2, 0) is 12.8 Å². The largest absolute Gasteiger partial charge is 0.494 e. The topological polar surface area (TPSA) is 47.9 Å². The van der Waals surface area contributed by atoms with Crippen molar-refractivity contribution >= 4 is 0 Å². The van der Waals surface area contributed by atoms with Crippen molar-refractivity contribution in [1.82, 2.24) is 15.0 Å². The Kier molecular flexibility index (Phi) is 4.37. The second-order valence-corrected chi connectivity index (χ2v) is 6.54. The van der Waals surface area contributed by atoms with E-state index in [9.17, 15) is 4.39 Å². The van der Waals surface area contributed by atoms with Crippen molar-refractivity contribution in [1.29, 1.82) is 0 Å². The van der Waals surface area contributed by atoms with Crippen molar-refractivity contribution in [3.8, 4) is 28.5 Å². The smallest absolute Gasteiger partial charge is 0.178 e. The molecule has 0 bridgehead atoms. The van der Waals surface area contributed by atoms with E-state index < -0.39 is 0 Å². The summed E-state index contributed by atoms with van der Waals surface area (Å²) in [6.07, 6.45) is 4.05. The number of benzene rings is 1. The van der Waals surface area contributed by atoms with Crippen LogP contribution in [0.2, 0.25) is 0 Å². The van der Waals surface area contributed by atoms with Crippen molar-refractivity contribution in [2.75, 3.05) is 7.11 Å². The first kappa shape index (κ1) is 16.6. The maximum absolute atomic E-state index is 14.3. The summed E-state index contributed by atoms with van der Waals surface area (Å²) < 4.78 is 19.3. The lowest BCUT2D eigenvalue weighted by Crippen LogP contribution is -2.11. The quantitative estimate of drug-likeness (QED) is 0.696. The van der Waals surface area contributed by atoms with Gasteiger partial charge in [0.25, 0.3) is 0 Å². The minimum absolute atomic E-state index is 0.234. The zero-order valence-electron chi connectivity index (χ0n) is 14.9. The number of rotatable bonds is 3. The van der Waals surface area contributed by atoms with Crippen LogP contribution in [0.5, 0.6) is 5.75 Å². The van der Waals surface area contributed by atoms with E-state index in [1.165, 1.54) is 13.2 Å². The molecular weight excluding hydrogens is 329 g/mol. The molecule has 2 aromatic heterocycles. The number of hydrogen-bond acceptors (Lipinski definition) is 4. The average molecular weight is 349 g/mol. The molecule has 26 heavy (non-hydrogen) atoms. The van der Waals surface area contributed by atoms with Crippen molar-refractivity contribution in [2.45, 2.75) is 32.6 Å². The minimum atomic E-state index is -0.386. The van der Waals surface area contributed by atoms with Gasteiger partial charge in [-0.2, -0.15) is 0 Å². The summed E-state index contributed by atoms with van der Waals surface area (Å²) in [6, 6.07) is 10.8. The maximum atomic E-state index is 14.3. The van der Waals surface area contributed by atoms with Gasteiger partial charge < -0.3 is 4.74 Å². The summed E-state index contributed by atoms with van der Waals surface area (Å²) >= 11 is 0. The summed E-state index contributed by atoms with van der Waals surface area (Å²) in [5, 5.41) is 0. The highest BCUT2D eigenvalue weighted by molar-refractivity contribution is 5.68. The molecule has 0 saturated carbocycles. The molecule has 132 valence electrons. The van der Waals surface area contributed by atoms with Crippen LogP contribution in [0.4, 0.5) is 4.39 Å². The highest BCUT2D eigenvalue weighted by atomic mass is 19.1. The number of pyridine rings is 1. The molecule has 1 aliphatic carbocycles. The van der Waals surface area contributed by atoms with Gasteiger partial charge in [-0.1, -0.05) is 6.07 Å². The molecule has 0 fully saturated rings. The standard InChI is InChI=1S/C21H20FN3O/c1-13-6-5-9-18(23-13)21-24-17-8-4-3-7-15(17)20(25-21)14-10-11-19(26-2)16(22)12-14/h5-6,9-12H,3-4,7-8H2,1-2H3. The number of aromatic nitrogens is 3. The molecule has 0 saturated heterocycles. The lowest BCUT2D eigenvalue weighted by atomic mass is 9.92. The van der Waals surface area contributed by atoms with Gasteiger partial charge in [0.15, 0.2) is 17.4 Å². The average Bonchev–Trinajstić information content (AvgIpc) is 2.67. The molecule has 0 aliphatic heterocycles. The molecule has 0 radical (unpaired) electrons. The van der Waals surface area contributed by atoms with E-state index >= 15 is 0 Å². The monoisotopic (exact) mass is 349 g/mol.